The summed E-state index contributed by atoms with van der Waals surface area (Å²) in [5.41, 5.74) is -0.172. The molecule has 4 aliphatic rings. The third kappa shape index (κ3) is 3.71. The summed E-state index contributed by atoms with van der Waals surface area (Å²) >= 11 is 0. The summed E-state index contributed by atoms with van der Waals surface area (Å²) in [6, 6.07) is 0. The normalized spacial score (nSPS) is 51.1. The first-order chi connectivity index (χ1) is 13.6. The number of aliphatic hydroxyl groups is 3. The number of carbonyl (C=O) groups is 1. The van der Waals surface area contributed by atoms with Crippen LogP contribution in [0.3, 0.4) is 0 Å². The molecule has 3 N–H and O–H groups in total. The molecule has 6 heteroatoms. The number of carbonyl (C=O) groups excluding carboxylic acids is 1. The minimum absolute atomic E-state index is 0. The van der Waals surface area contributed by atoms with Crippen molar-refractivity contribution < 1.29 is 44.1 Å². The molecule has 0 heterocycles. The van der Waals surface area contributed by atoms with E-state index in [0.717, 1.165) is 44.9 Å². The van der Waals surface area contributed by atoms with Crippen LogP contribution in [0.1, 0.15) is 78.6 Å². The van der Waals surface area contributed by atoms with Gasteiger partial charge in [-0.2, -0.15) is 0 Å². The molecule has 0 amide bonds. The predicted molar refractivity (Wildman–Crippen MR) is 107 cm³/mol. The van der Waals surface area contributed by atoms with Gasteiger partial charge in [-0.25, -0.2) is 0 Å². The van der Waals surface area contributed by atoms with Gasteiger partial charge < -0.3 is 25.2 Å². The number of hydrogen-bond donors (Lipinski definition) is 3. The Labute approximate surface area is 193 Å². The van der Waals surface area contributed by atoms with Crippen molar-refractivity contribution >= 4 is 5.97 Å². The molecule has 4 fully saturated rings. The van der Waals surface area contributed by atoms with E-state index >= 15 is 0 Å². The fourth-order valence-corrected chi connectivity index (χ4v) is 8.68. The number of carboxylic acid groups (broad SMARTS) is 1. The second-order valence-electron chi connectivity index (χ2n) is 11.4. The molecule has 11 atom stereocenters. The van der Waals surface area contributed by atoms with Gasteiger partial charge in [0.15, 0.2) is 0 Å². The van der Waals surface area contributed by atoms with E-state index in [-0.39, 0.29) is 72.0 Å². The SMILES string of the molecule is C[C@H](CCC(=O)[O-])[C@H]1CCC2C3C(C[C@H](O)[C@@]21C)[C@@]1(C)CC[C@@H](O)C[C@H]1C[C@H]3O.[Li+]. The van der Waals surface area contributed by atoms with Crippen LogP contribution in [0.4, 0.5) is 0 Å². The molecule has 0 spiro atoms. The van der Waals surface area contributed by atoms with E-state index in [2.05, 4.69) is 20.8 Å². The maximum atomic E-state index is 11.5. The van der Waals surface area contributed by atoms with Gasteiger partial charge in [-0.15, -0.1) is 0 Å². The van der Waals surface area contributed by atoms with Gasteiger partial charge in [0.25, 0.3) is 0 Å². The summed E-state index contributed by atoms with van der Waals surface area (Å²) in [6.07, 6.45) is 5.72. The topological polar surface area (TPSA) is 101 Å². The van der Waals surface area contributed by atoms with Crippen LogP contribution >= 0.6 is 0 Å². The minimum Gasteiger partial charge on any atom is -0.550 e. The Balaban J connectivity index is 0.00000256. The second-order valence-corrected chi connectivity index (χ2v) is 11.4. The van der Waals surface area contributed by atoms with E-state index in [9.17, 15) is 25.2 Å². The summed E-state index contributed by atoms with van der Waals surface area (Å²) in [7, 11) is 0. The number of fused-ring (bicyclic) bond motifs is 5. The Morgan fingerprint density at radius 1 is 1.07 bits per heavy atom. The van der Waals surface area contributed by atoms with E-state index in [1.165, 1.54) is 0 Å². The molecule has 0 radical (unpaired) electrons. The third-order valence-corrected chi connectivity index (χ3v) is 10.3. The number of carboxylic acids is 1. The zero-order valence-electron chi connectivity index (χ0n) is 19.2. The van der Waals surface area contributed by atoms with E-state index < -0.39 is 12.1 Å². The van der Waals surface area contributed by atoms with Crippen LogP contribution in [0.15, 0.2) is 0 Å². The van der Waals surface area contributed by atoms with Crippen molar-refractivity contribution in [2.75, 3.05) is 0 Å². The van der Waals surface area contributed by atoms with E-state index in [1.54, 1.807) is 0 Å². The first-order valence-corrected chi connectivity index (χ1v) is 11.8. The summed E-state index contributed by atoms with van der Waals surface area (Å²) in [5.74, 6) is 0.635. The van der Waals surface area contributed by atoms with Crippen molar-refractivity contribution in [1.82, 2.24) is 0 Å². The summed E-state index contributed by atoms with van der Waals surface area (Å²) in [4.78, 5) is 11.0. The molecule has 0 aromatic carbocycles. The maximum absolute atomic E-state index is 11.5. The molecule has 4 saturated carbocycles. The van der Waals surface area contributed by atoms with Gasteiger partial charge in [-0.3, -0.25) is 0 Å². The van der Waals surface area contributed by atoms with Crippen LogP contribution in [0, 0.1) is 46.3 Å². The minimum atomic E-state index is -0.998. The van der Waals surface area contributed by atoms with Crippen molar-refractivity contribution in [2.45, 2.75) is 96.9 Å². The first kappa shape index (κ1) is 24.6. The van der Waals surface area contributed by atoms with Gasteiger partial charge in [-0.05, 0) is 104 Å². The van der Waals surface area contributed by atoms with Crippen LogP contribution in [-0.2, 0) is 4.79 Å². The van der Waals surface area contributed by atoms with Gasteiger partial charge >= 0.3 is 18.9 Å². The molecular formula is C24H39LiO5. The van der Waals surface area contributed by atoms with Gasteiger partial charge in [-0.1, -0.05) is 20.8 Å². The van der Waals surface area contributed by atoms with Gasteiger partial charge in [0.05, 0.1) is 18.3 Å². The summed E-state index contributed by atoms with van der Waals surface area (Å²) in [6.45, 7) is 6.67. The molecule has 5 nitrogen and oxygen atoms in total. The van der Waals surface area contributed by atoms with Crippen molar-refractivity contribution in [2.24, 2.45) is 46.3 Å². The fraction of sp³-hybridized carbons (Fsp3) is 0.958. The largest absolute Gasteiger partial charge is 1.00 e. The van der Waals surface area contributed by atoms with Crippen molar-refractivity contribution in [3.63, 3.8) is 0 Å². The molecule has 0 bridgehead atoms. The third-order valence-electron chi connectivity index (χ3n) is 10.3. The molecule has 3 unspecified atom stereocenters. The average Bonchev–Trinajstić information content (AvgIpc) is 3.01. The predicted octanol–water partition coefficient (Wildman–Crippen LogP) is -0.882. The smallest absolute Gasteiger partial charge is 0.550 e. The van der Waals surface area contributed by atoms with E-state index in [4.69, 9.17) is 0 Å². The number of aliphatic hydroxyl groups excluding tert-OH is 3. The zero-order chi connectivity index (χ0) is 21.1. The van der Waals surface area contributed by atoms with Crippen molar-refractivity contribution in [1.29, 1.82) is 0 Å². The Morgan fingerprint density at radius 3 is 2.43 bits per heavy atom. The van der Waals surface area contributed by atoms with Crippen LogP contribution in [0.5, 0.6) is 0 Å². The Bertz CT molecular complexity index is 643. The monoisotopic (exact) mass is 414 g/mol. The summed E-state index contributed by atoms with van der Waals surface area (Å²) in [5, 5.41) is 43.9. The molecule has 0 saturated heterocycles. The van der Waals surface area contributed by atoms with Gasteiger partial charge in [0.2, 0.25) is 0 Å². The second kappa shape index (κ2) is 8.71. The molecule has 0 aliphatic heterocycles. The average molecular weight is 415 g/mol. The van der Waals surface area contributed by atoms with Gasteiger partial charge in [0.1, 0.15) is 0 Å². The molecular weight excluding hydrogens is 375 g/mol. The van der Waals surface area contributed by atoms with E-state index in [0.29, 0.717) is 18.3 Å². The number of aliphatic carboxylic acids is 1. The molecule has 30 heavy (non-hydrogen) atoms. The standard InChI is InChI=1S/C24H40O5.Li/c1-13(4-7-21(28)29)16-5-6-17-22-18(12-20(27)24(16,17)3)23(2)9-8-15(25)10-14(23)11-19(22)26;/h13-20,22,25-27H,4-12H2,1-3H3,(H,28,29);/q;+1/p-1/t13-,14+,15-,16-,17?,18?,19-,20+,22?,23+,24-;/m1./s1. The summed E-state index contributed by atoms with van der Waals surface area (Å²) < 4.78 is 0. The van der Waals surface area contributed by atoms with Crippen molar-refractivity contribution in [3.05, 3.63) is 0 Å². The number of hydrogen-bond acceptors (Lipinski definition) is 5. The van der Waals surface area contributed by atoms with Crippen LogP contribution in [0.25, 0.3) is 0 Å². The molecule has 4 aliphatic carbocycles. The Morgan fingerprint density at radius 2 is 1.77 bits per heavy atom. The molecule has 0 aromatic rings. The van der Waals surface area contributed by atoms with Crippen molar-refractivity contribution in [3.8, 4) is 0 Å². The fourth-order valence-electron chi connectivity index (χ4n) is 8.68. The Kier molecular flexibility index (Phi) is 7.14. The van der Waals surface area contributed by atoms with Crippen LogP contribution < -0.4 is 24.0 Å². The molecule has 166 valence electrons. The van der Waals surface area contributed by atoms with E-state index in [1.807, 2.05) is 0 Å². The molecule has 0 aromatic heterocycles. The molecule has 4 rings (SSSR count). The Hall–Kier alpha value is -0.0526. The van der Waals surface area contributed by atoms with Crippen LogP contribution in [-0.4, -0.2) is 39.6 Å². The maximum Gasteiger partial charge on any atom is 1.00 e. The first-order valence-electron chi connectivity index (χ1n) is 11.8. The van der Waals surface area contributed by atoms with Gasteiger partial charge in [0, 0.05) is 5.97 Å². The quantitative estimate of drug-likeness (QED) is 0.519. The van der Waals surface area contributed by atoms with Crippen LogP contribution in [0.2, 0.25) is 0 Å². The number of rotatable bonds is 4. The zero-order valence-corrected chi connectivity index (χ0v) is 19.2.